The van der Waals surface area contributed by atoms with Gasteiger partial charge in [-0.3, -0.25) is 9.59 Å². The number of hydrogen-bond acceptors (Lipinski definition) is 3. The van der Waals surface area contributed by atoms with Gasteiger partial charge in [-0.15, -0.1) is 0 Å². The van der Waals surface area contributed by atoms with Crippen molar-refractivity contribution in [2.45, 2.75) is 69.3 Å². The summed E-state index contributed by atoms with van der Waals surface area (Å²) in [6, 6.07) is 25.8. The van der Waals surface area contributed by atoms with Gasteiger partial charge in [-0.25, -0.2) is 4.39 Å². The molecule has 0 bridgehead atoms. The van der Waals surface area contributed by atoms with E-state index >= 15 is 0 Å². The van der Waals surface area contributed by atoms with Crippen LogP contribution in [0.25, 0.3) is 0 Å². The summed E-state index contributed by atoms with van der Waals surface area (Å²) >= 11 is 1.69. The molecule has 0 radical (unpaired) electrons. The van der Waals surface area contributed by atoms with E-state index in [1.54, 1.807) is 34.9 Å². The maximum Gasteiger partial charge on any atom is 0.243 e. The van der Waals surface area contributed by atoms with E-state index in [9.17, 15) is 14.0 Å². The Bertz CT molecular complexity index is 1150. The molecule has 6 heteroatoms. The van der Waals surface area contributed by atoms with Crippen LogP contribution in [0.5, 0.6) is 0 Å². The largest absolute Gasteiger partial charge is 0.352 e. The first kappa shape index (κ1) is 27.9. The van der Waals surface area contributed by atoms with Crippen LogP contribution in [-0.4, -0.2) is 34.6 Å². The fourth-order valence-corrected chi connectivity index (χ4v) is 5.87. The molecule has 38 heavy (non-hydrogen) atoms. The van der Waals surface area contributed by atoms with E-state index in [-0.39, 0.29) is 36.6 Å². The van der Waals surface area contributed by atoms with Crippen molar-refractivity contribution in [1.29, 1.82) is 0 Å². The Labute approximate surface area is 230 Å². The molecule has 1 N–H and O–H groups in total. The molecule has 1 aliphatic carbocycles. The smallest absolute Gasteiger partial charge is 0.243 e. The molecule has 3 aromatic rings. The van der Waals surface area contributed by atoms with Gasteiger partial charge in [-0.2, -0.15) is 11.8 Å². The van der Waals surface area contributed by atoms with Crippen molar-refractivity contribution in [1.82, 2.24) is 10.2 Å². The van der Waals surface area contributed by atoms with Crippen molar-refractivity contribution in [3.05, 3.63) is 107 Å². The lowest BCUT2D eigenvalue weighted by molar-refractivity contribution is -0.141. The van der Waals surface area contributed by atoms with Crippen LogP contribution in [0, 0.1) is 5.82 Å². The first-order valence-corrected chi connectivity index (χ1v) is 14.7. The SMILES string of the molecule is O=C(NC1CCCCC1)[C@@H](Cc1ccccc1)N(Cc1ccccc1F)C(=O)CCSCc1ccccc1. The van der Waals surface area contributed by atoms with E-state index in [2.05, 4.69) is 17.4 Å². The van der Waals surface area contributed by atoms with Crippen molar-refractivity contribution >= 4 is 23.6 Å². The normalized spacial score (nSPS) is 14.6. The third kappa shape index (κ3) is 8.45. The van der Waals surface area contributed by atoms with Crippen molar-refractivity contribution in [2.75, 3.05) is 5.75 Å². The van der Waals surface area contributed by atoms with E-state index in [4.69, 9.17) is 0 Å². The lowest BCUT2D eigenvalue weighted by atomic mass is 9.94. The highest BCUT2D eigenvalue weighted by atomic mass is 32.2. The molecule has 2 amide bonds. The van der Waals surface area contributed by atoms with E-state index in [1.807, 2.05) is 48.5 Å². The van der Waals surface area contributed by atoms with Gasteiger partial charge in [0, 0.05) is 42.5 Å². The highest BCUT2D eigenvalue weighted by Crippen LogP contribution is 2.22. The predicted octanol–water partition coefficient (Wildman–Crippen LogP) is 6.54. The minimum Gasteiger partial charge on any atom is -0.352 e. The summed E-state index contributed by atoms with van der Waals surface area (Å²) in [6.45, 7) is 0.0600. The highest BCUT2D eigenvalue weighted by molar-refractivity contribution is 7.98. The number of nitrogens with one attached hydrogen (secondary N) is 1. The zero-order valence-electron chi connectivity index (χ0n) is 21.9. The third-order valence-electron chi connectivity index (χ3n) is 7.09. The number of carbonyl (C=O) groups excluding carboxylic acids is 2. The van der Waals surface area contributed by atoms with Gasteiger partial charge in [0.05, 0.1) is 0 Å². The Hall–Kier alpha value is -3.12. The summed E-state index contributed by atoms with van der Waals surface area (Å²) < 4.78 is 14.7. The number of rotatable bonds is 12. The molecule has 0 aliphatic heterocycles. The predicted molar refractivity (Wildman–Crippen MR) is 153 cm³/mol. The Morgan fingerprint density at radius 2 is 1.50 bits per heavy atom. The van der Waals surface area contributed by atoms with Gasteiger partial charge in [0.2, 0.25) is 11.8 Å². The Morgan fingerprint density at radius 1 is 0.868 bits per heavy atom. The van der Waals surface area contributed by atoms with E-state index in [0.717, 1.165) is 37.0 Å². The Morgan fingerprint density at radius 3 is 2.18 bits per heavy atom. The summed E-state index contributed by atoms with van der Waals surface area (Å²) in [5.74, 6) is 0.798. The third-order valence-corrected chi connectivity index (χ3v) is 8.12. The fourth-order valence-electron chi connectivity index (χ4n) is 4.98. The van der Waals surface area contributed by atoms with Gasteiger partial charge >= 0.3 is 0 Å². The quantitative estimate of drug-likeness (QED) is 0.270. The van der Waals surface area contributed by atoms with Crippen LogP contribution in [0.4, 0.5) is 4.39 Å². The van der Waals surface area contributed by atoms with Gasteiger partial charge in [0.1, 0.15) is 11.9 Å². The zero-order valence-corrected chi connectivity index (χ0v) is 22.7. The minimum absolute atomic E-state index is 0.0600. The minimum atomic E-state index is -0.717. The maximum absolute atomic E-state index is 14.7. The molecule has 0 saturated heterocycles. The second kappa shape index (κ2) is 14.7. The van der Waals surface area contributed by atoms with Gasteiger partial charge < -0.3 is 10.2 Å². The summed E-state index contributed by atoms with van der Waals surface area (Å²) in [5.41, 5.74) is 2.60. The van der Waals surface area contributed by atoms with Crippen LogP contribution in [0.3, 0.4) is 0 Å². The molecule has 4 rings (SSSR count). The number of hydrogen-bond donors (Lipinski definition) is 1. The summed E-state index contributed by atoms with van der Waals surface area (Å²) in [4.78, 5) is 29.1. The second-order valence-electron chi connectivity index (χ2n) is 9.95. The standard InChI is InChI=1S/C32H37FN2O2S/c33-29-19-11-10-16-27(29)23-35(31(36)20-21-38-24-26-14-6-2-7-15-26)30(22-25-12-4-1-5-13-25)32(37)34-28-17-8-3-9-18-28/h1-2,4-7,10-16,19,28,30H,3,8-9,17-18,20-24H2,(H,34,37)/t30-/m1/s1. The molecule has 0 unspecified atom stereocenters. The lowest BCUT2D eigenvalue weighted by Gasteiger charge is -2.33. The molecule has 3 aromatic carbocycles. The van der Waals surface area contributed by atoms with Crippen LogP contribution in [0.1, 0.15) is 55.2 Å². The van der Waals surface area contributed by atoms with Crippen LogP contribution in [-0.2, 0) is 28.3 Å². The van der Waals surface area contributed by atoms with Crippen molar-refractivity contribution in [2.24, 2.45) is 0 Å². The summed E-state index contributed by atoms with van der Waals surface area (Å²) in [7, 11) is 0. The first-order valence-electron chi connectivity index (χ1n) is 13.6. The van der Waals surface area contributed by atoms with Crippen LogP contribution in [0.15, 0.2) is 84.9 Å². The molecule has 1 saturated carbocycles. The molecule has 0 heterocycles. The second-order valence-corrected chi connectivity index (χ2v) is 11.1. The first-order chi connectivity index (χ1) is 18.6. The molecular formula is C32H37FN2O2S. The van der Waals surface area contributed by atoms with E-state index < -0.39 is 6.04 Å². The van der Waals surface area contributed by atoms with Crippen molar-refractivity contribution in [3.8, 4) is 0 Å². The topological polar surface area (TPSA) is 49.4 Å². The number of thioether (sulfide) groups is 1. The number of halogens is 1. The van der Waals surface area contributed by atoms with Gasteiger partial charge in [0.15, 0.2) is 0 Å². The van der Waals surface area contributed by atoms with Crippen LogP contribution < -0.4 is 5.32 Å². The highest BCUT2D eigenvalue weighted by Gasteiger charge is 2.32. The van der Waals surface area contributed by atoms with Crippen molar-refractivity contribution < 1.29 is 14.0 Å². The van der Waals surface area contributed by atoms with E-state index in [0.29, 0.717) is 17.7 Å². The molecule has 1 atom stereocenters. The van der Waals surface area contributed by atoms with Crippen molar-refractivity contribution in [3.63, 3.8) is 0 Å². The Kier molecular flexibility index (Phi) is 10.8. The van der Waals surface area contributed by atoms with Gasteiger partial charge in [-0.05, 0) is 30.0 Å². The van der Waals surface area contributed by atoms with Crippen LogP contribution in [0.2, 0.25) is 0 Å². The molecular weight excluding hydrogens is 495 g/mol. The number of nitrogens with zero attached hydrogens (tertiary/aromatic N) is 1. The fraction of sp³-hybridized carbons (Fsp3) is 0.375. The monoisotopic (exact) mass is 532 g/mol. The van der Waals surface area contributed by atoms with Crippen LogP contribution >= 0.6 is 11.8 Å². The molecule has 1 fully saturated rings. The molecule has 0 spiro atoms. The number of amides is 2. The number of benzene rings is 3. The molecule has 0 aromatic heterocycles. The van der Waals surface area contributed by atoms with E-state index in [1.165, 1.54) is 18.1 Å². The zero-order chi connectivity index (χ0) is 26.6. The average molecular weight is 533 g/mol. The summed E-state index contributed by atoms with van der Waals surface area (Å²) in [6.07, 6.45) is 5.99. The molecule has 1 aliphatic rings. The Balaban J connectivity index is 1.53. The maximum atomic E-state index is 14.7. The lowest BCUT2D eigenvalue weighted by Crippen LogP contribution is -2.53. The molecule has 4 nitrogen and oxygen atoms in total. The number of carbonyl (C=O) groups is 2. The average Bonchev–Trinajstić information content (AvgIpc) is 2.95. The van der Waals surface area contributed by atoms with Gasteiger partial charge in [-0.1, -0.05) is 98.1 Å². The molecule has 200 valence electrons. The summed E-state index contributed by atoms with van der Waals surface area (Å²) in [5, 5.41) is 3.23. The van der Waals surface area contributed by atoms with Gasteiger partial charge in [0.25, 0.3) is 0 Å².